The summed E-state index contributed by atoms with van der Waals surface area (Å²) in [6.45, 7) is 1.08. The topological polar surface area (TPSA) is 44.5 Å². The number of rotatable bonds is 2. The molecule has 0 aliphatic carbocycles. The Balaban J connectivity index is 2.03. The quantitative estimate of drug-likeness (QED) is 0.889. The molecule has 1 aliphatic rings. The number of nitrogens with two attached hydrogens (primary N) is 1. The minimum absolute atomic E-state index is 0.325. The number of halogens is 2. The molecule has 2 aromatic rings. The van der Waals surface area contributed by atoms with E-state index in [0.717, 1.165) is 15.6 Å². The summed E-state index contributed by atoms with van der Waals surface area (Å²) < 4.78 is 12.1. The number of hydrogen-bond donors (Lipinski definition) is 1. The van der Waals surface area contributed by atoms with Gasteiger partial charge in [0.15, 0.2) is 11.5 Å². The van der Waals surface area contributed by atoms with Crippen molar-refractivity contribution in [2.45, 2.75) is 6.04 Å². The third-order valence-electron chi connectivity index (χ3n) is 3.24. The second-order valence-electron chi connectivity index (χ2n) is 4.52. The van der Waals surface area contributed by atoms with Crippen molar-refractivity contribution in [3.8, 4) is 11.5 Å². The highest BCUT2D eigenvalue weighted by Crippen LogP contribution is 2.39. The SMILES string of the molecule is NC(c1cc2c(cc1Cl)OCCO2)c1ccccc1Br. The second-order valence-corrected chi connectivity index (χ2v) is 5.78. The molecule has 1 heterocycles. The molecule has 2 aromatic carbocycles. The zero-order valence-electron chi connectivity index (χ0n) is 10.6. The molecule has 0 saturated carbocycles. The highest BCUT2D eigenvalue weighted by Gasteiger charge is 2.20. The number of hydrogen-bond acceptors (Lipinski definition) is 3. The number of ether oxygens (including phenoxy) is 2. The average molecular weight is 355 g/mol. The van der Waals surface area contributed by atoms with E-state index in [4.69, 9.17) is 26.8 Å². The molecule has 0 spiro atoms. The Kier molecular flexibility index (Phi) is 3.87. The fraction of sp³-hybridized carbons (Fsp3) is 0.200. The van der Waals surface area contributed by atoms with Crippen LogP contribution >= 0.6 is 27.5 Å². The van der Waals surface area contributed by atoms with E-state index in [9.17, 15) is 0 Å². The van der Waals surface area contributed by atoms with Crippen LogP contribution in [0.2, 0.25) is 5.02 Å². The van der Waals surface area contributed by atoms with Crippen molar-refractivity contribution in [2.24, 2.45) is 5.73 Å². The Morgan fingerprint density at radius 2 is 1.70 bits per heavy atom. The van der Waals surface area contributed by atoms with Gasteiger partial charge in [-0.3, -0.25) is 0 Å². The van der Waals surface area contributed by atoms with Gasteiger partial charge in [-0.1, -0.05) is 45.7 Å². The van der Waals surface area contributed by atoms with E-state index < -0.39 is 0 Å². The number of fused-ring (bicyclic) bond motifs is 1. The van der Waals surface area contributed by atoms with Crippen LogP contribution in [0.25, 0.3) is 0 Å². The molecule has 20 heavy (non-hydrogen) atoms. The van der Waals surface area contributed by atoms with Gasteiger partial charge in [0.05, 0.1) is 6.04 Å². The van der Waals surface area contributed by atoms with Crippen molar-refractivity contribution in [3.05, 3.63) is 57.0 Å². The van der Waals surface area contributed by atoms with Gasteiger partial charge in [0, 0.05) is 15.6 Å². The van der Waals surface area contributed by atoms with Gasteiger partial charge in [-0.15, -0.1) is 0 Å². The van der Waals surface area contributed by atoms with Crippen LogP contribution in [0.4, 0.5) is 0 Å². The molecule has 0 amide bonds. The van der Waals surface area contributed by atoms with Crippen LogP contribution in [0.3, 0.4) is 0 Å². The van der Waals surface area contributed by atoms with E-state index in [-0.39, 0.29) is 6.04 Å². The normalized spacial score (nSPS) is 14.9. The van der Waals surface area contributed by atoms with E-state index in [1.165, 1.54) is 0 Å². The van der Waals surface area contributed by atoms with Crippen molar-refractivity contribution in [2.75, 3.05) is 13.2 Å². The fourth-order valence-electron chi connectivity index (χ4n) is 2.21. The monoisotopic (exact) mass is 353 g/mol. The first-order valence-corrected chi connectivity index (χ1v) is 7.43. The van der Waals surface area contributed by atoms with Crippen LogP contribution in [-0.2, 0) is 0 Å². The summed E-state index contributed by atoms with van der Waals surface area (Å²) in [5.74, 6) is 1.36. The molecular formula is C15H13BrClNO2. The van der Waals surface area contributed by atoms with Crippen LogP contribution in [-0.4, -0.2) is 13.2 Å². The lowest BCUT2D eigenvalue weighted by Gasteiger charge is -2.22. The lowest BCUT2D eigenvalue weighted by Crippen LogP contribution is -2.17. The Hall–Kier alpha value is -1.23. The van der Waals surface area contributed by atoms with Gasteiger partial charge in [0.1, 0.15) is 13.2 Å². The molecule has 1 unspecified atom stereocenters. The van der Waals surface area contributed by atoms with Gasteiger partial charge < -0.3 is 15.2 Å². The highest BCUT2D eigenvalue weighted by atomic mass is 79.9. The largest absolute Gasteiger partial charge is 0.486 e. The van der Waals surface area contributed by atoms with Gasteiger partial charge in [0.2, 0.25) is 0 Å². The van der Waals surface area contributed by atoms with Crippen molar-refractivity contribution >= 4 is 27.5 Å². The van der Waals surface area contributed by atoms with E-state index >= 15 is 0 Å². The predicted octanol–water partition coefficient (Wildman–Crippen LogP) is 3.92. The van der Waals surface area contributed by atoms with Crippen LogP contribution < -0.4 is 15.2 Å². The van der Waals surface area contributed by atoms with Gasteiger partial charge in [-0.05, 0) is 23.3 Å². The molecule has 2 N–H and O–H groups in total. The molecule has 0 fully saturated rings. The minimum Gasteiger partial charge on any atom is -0.486 e. The Morgan fingerprint density at radius 1 is 1.05 bits per heavy atom. The number of benzene rings is 2. The second kappa shape index (κ2) is 5.64. The average Bonchev–Trinajstić information content (AvgIpc) is 2.46. The Morgan fingerprint density at radius 3 is 2.40 bits per heavy atom. The molecule has 0 saturated heterocycles. The Labute approximate surface area is 130 Å². The molecule has 1 atom stereocenters. The van der Waals surface area contributed by atoms with E-state index in [1.807, 2.05) is 30.3 Å². The molecule has 0 radical (unpaired) electrons. The van der Waals surface area contributed by atoms with E-state index in [0.29, 0.717) is 29.7 Å². The maximum atomic E-state index is 6.34. The van der Waals surface area contributed by atoms with Gasteiger partial charge in [0.25, 0.3) is 0 Å². The summed E-state index contributed by atoms with van der Waals surface area (Å²) in [5.41, 5.74) is 8.14. The van der Waals surface area contributed by atoms with E-state index in [2.05, 4.69) is 15.9 Å². The molecule has 5 heteroatoms. The molecule has 3 rings (SSSR count). The molecule has 1 aliphatic heterocycles. The predicted molar refractivity (Wildman–Crippen MR) is 82.6 cm³/mol. The summed E-state index contributed by atoms with van der Waals surface area (Å²) >= 11 is 9.84. The summed E-state index contributed by atoms with van der Waals surface area (Å²) in [4.78, 5) is 0. The zero-order chi connectivity index (χ0) is 14.1. The summed E-state index contributed by atoms with van der Waals surface area (Å²) in [6.07, 6.45) is 0. The fourth-order valence-corrected chi connectivity index (χ4v) is 3.02. The molecular weight excluding hydrogens is 342 g/mol. The first-order chi connectivity index (χ1) is 9.66. The summed E-state index contributed by atoms with van der Waals surface area (Å²) in [5, 5.41) is 0.581. The van der Waals surface area contributed by atoms with Crippen LogP contribution in [0.15, 0.2) is 40.9 Å². The van der Waals surface area contributed by atoms with Gasteiger partial charge >= 0.3 is 0 Å². The third-order valence-corrected chi connectivity index (χ3v) is 4.29. The minimum atomic E-state index is -0.325. The maximum absolute atomic E-state index is 6.34. The molecule has 3 nitrogen and oxygen atoms in total. The summed E-state index contributed by atoms with van der Waals surface area (Å²) in [7, 11) is 0. The molecule has 0 aromatic heterocycles. The maximum Gasteiger partial charge on any atom is 0.162 e. The highest BCUT2D eigenvalue weighted by molar-refractivity contribution is 9.10. The third kappa shape index (κ3) is 2.51. The first kappa shape index (κ1) is 13.7. The van der Waals surface area contributed by atoms with Crippen molar-refractivity contribution in [1.82, 2.24) is 0 Å². The van der Waals surface area contributed by atoms with Gasteiger partial charge in [-0.2, -0.15) is 0 Å². The molecule has 104 valence electrons. The van der Waals surface area contributed by atoms with Gasteiger partial charge in [-0.25, -0.2) is 0 Å². The lowest BCUT2D eigenvalue weighted by molar-refractivity contribution is 0.171. The first-order valence-electron chi connectivity index (χ1n) is 6.26. The standard InChI is InChI=1S/C15H13BrClNO2/c16-11-4-2-1-3-9(11)15(18)10-7-13-14(8-12(10)17)20-6-5-19-13/h1-4,7-8,15H,5-6,18H2. The van der Waals surface area contributed by atoms with Crippen molar-refractivity contribution < 1.29 is 9.47 Å². The summed E-state index contributed by atoms with van der Waals surface area (Å²) in [6, 6.07) is 11.1. The van der Waals surface area contributed by atoms with Crippen LogP contribution in [0, 0.1) is 0 Å². The smallest absolute Gasteiger partial charge is 0.162 e. The molecule has 0 bridgehead atoms. The zero-order valence-corrected chi connectivity index (χ0v) is 12.9. The Bertz CT molecular complexity index is 648. The lowest BCUT2D eigenvalue weighted by atomic mass is 9.99. The van der Waals surface area contributed by atoms with E-state index in [1.54, 1.807) is 6.07 Å². The van der Waals surface area contributed by atoms with Crippen molar-refractivity contribution in [3.63, 3.8) is 0 Å². The van der Waals surface area contributed by atoms with Crippen LogP contribution in [0.5, 0.6) is 11.5 Å². The van der Waals surface area contributed by atoms with Crippen molar-refractivity contribution in [1.29, 1.82) is 0 Å². The van der Waals surface area contributed by atoms with Crippen LogP contribution in [0.1, 0.15) is 17.2 Å².